The van der Waals surface area contributed by atoms with Gasteiger partial charge in [0.2, 0.25) is 0 Å². The van der Waals surface area contributed by atoms with E-state index in [0.29, 0.717) is 25.1 Å². The van der Waals surface area contributed by atoms with Gasteiger partial charge in [0.05, 0.1) is 6.10 Å². The van der Waals surface area contributed by atoms with Crippen LogP contribution in [-0.2, 0) is 9.53 Å². The molecule has 0 aliphatic carbocycles. The molecule has 18 heavy (non-hydrogen) atoms. The molecule has 1 aromatic carbocycles. The predicted molar refractivity (Wildman–Crippen MR) is 60.4 cm³/mol. The van der Waals surface area contributed by atoms with Crippen LogP contribution in [0.4, 0.5) is 14.5 Å². The third-order valence-electron chi connectivity index (χ3n) is 2.78. The van der Waals surface area contributed by atoms with E-state index < -0.39 is 23.7 Å². The van der Waals surface area contributed by atoms with E-state index in [1.807, 2.05) is 0 Å². The van der Waals surface area contributed by atoms with E-state index >= 15 is 0 Å². The van der Waals surface area contributed by atoms with E-state index in [0.717, 1.165) is 6.07 Å². The first-order chi connectivity index (χ1) is 8.54. The topological polar surface area (TPSA) is 58.6 Å². The molecule has 1 heterocycles. The molecule has 1 aliphatic rings. The maximum Gasteiger partial charge on any atom is 0.332 e. The van der Waals surface area contributed by atoms with E-state index in [4.69, 9.17) is 9.84 Å². The number of rotatable bonds is 4. The molecule has 0 aromatic heterocycles. The molecule has 1 saturated heterocycles. The molecule has 0 amide bonds. The Kier molecular flexibility index (Phi) is 3.76. The van der Waals surface area contributed by atoms with Crippen molar-refractivity contribution < 1.29 is 23.4 Å². The zero-order valence-corrected chi connectivity index (χ0v) is 9.53. The molecule has 98 valence electrons. The van der Waals surface area contributed by atoms with Crippen molar-refractivity contribution in [3.63, 3.8) is 0 Å². The standard InChI is InChI=1S/C12H13F2NO3/c13-7-3-8(14)5-9(4-7)15-6-10-1-2-11(18-10)12(16)17/h3-5,10-11,15H,1-2,6H2,(H,16,17). The first kappa shape index (κ1) is 12.8. The number of carboxylic acid groups (broad SMARTS) is 1. The number of anilines is 1. The Morgan fingerprint density at radius 3 is 2.56 bits per heavy atom. The van der Waals surface area contributed by atoms with Gasteiger partial charge in [-0.25, -0.2) is 13.6 Å². The van der Waals surface area contributed by atoms with E-state index in [1.54, 1.807) is 0 Å². The van der Waals surface area contributed by atoms with E-state index in [1.165, 1.54) is 12.1 Å². The molecule has 0 spiro atoms. The lowest BCUT2D eigenvalue weighted by Crippen LogP contribution is -2.24. The Morgan fingerprint density at radius 1 is 1.33 bits per heavy atom. The van der Waals surface area contributed by atoms with Crippen LogP contribution in [0.5, 0.6) is 0 Å². The summed E-state index contributed by atoms with van der Waals surface area (Å²) in [5.41, 5.74) is 0.315. The van der Waals surface area contributed by atoms with Crippen molar-refractivity contribution in [2.24, 2.45) is 0 Å². The van der Waals surface area contributed by atoms with Crippen LogP contribution in [0.3, 0.4) is 0 Å². The molecule has 4 nitrogen and oxygen atoms in total. The van der Waals surface area contributed by atoms with Crippen LogP contribution in [0.1, 0.15) is 12.8 Å². The lowest BCUT2D eigenvalue weighted by Gasteiger charge is -2.13. The number of carbonyl (C=O) groups is 1. The van der Waals surface area contributed by atoms with Crippen LogP contribution < -0.4 is 5.32 Å². The Bertz CT molecular complexity index is 433. The molecule has 1 aromatic rings. The Labute approximate surface area is 103 Å². The van der Waals surface area contributed by atoms with Gasteiger partial charge in [-0.2, -0.15) is 0 Å². The fourth-order valence-electron chi connectivity index (χ4n) is 1.93. The highest BCUT2D eigenvalue weighted by Gasteiger charge is 2.30. The van der Waals surface area contributed by atoms with Gasteiger partial charge < -0.3 is 15.2 Å². The third kappa shape index (κ3) is 3.16. The molecular weight excluding hydrogens is 244 g/mol. The number of halogens is 2. The number of aliphatic carboxylic acids is 1. The molecule has 6 heteroatoms. The second kappa shape index (κ2) is 5.30. The zero-order valence-electron chi connectivity index (χ0n) is 9.53. The normalized spacial score (nSPS) is 23.0. The van der Waals surface area contributed by atoms with Gasteiger partial charge in [-0.15, -0.1) is 0 Å². The van der Waals surface area contributed by atoms with Crippen molar-refractivity contribution in [3.8, 4) is 0 Å². The van der Waals surface area contributed by atoms with Gasteiger partial charge in [0.25, 0.3) is 0 Å². The molecule has 2 unspecified atom stereocenters. The van der Waals surface area contributed by atoms with Crippen LogP contribution in [-0.4, -0.2) is 29.8 Å². The van der Waals surface area contributed by atoms with Gasteiger partial charge in [0.1, 0.15) is 11.6 Å². The van der Waals surface area contributed by atoms with Crippen LogP contribution in [0, 0.1) is 11.6 Å². The summed E-state index contributed by atoms with van der Waals surface area (Å²) >= 11 is 0. The Morgan fingerprint density at radius 2 is 2.00 bits per heavy atom. The highest BCUT2D eigenvalue weighted by molar-refractivity contribution is 5.72. The Balaban J connectivity index is 1.87. The summed E-state index contributed by atoms with van der Waals surface area (Å²) in [5, 5.41) is 11.6. The minimum absolute atomic E-state index is 0.252. The molecule has 1 aliphatic heterocycles. The number of benzene rings is 1. The summed E-state index contributed by atoms with van der Waals surface area (Å²) in [6.07, 6.45) is 0.0412. The summed E-state index contributed by atoms with van der Waals surface area (Å²) in [4.78, 5) is 10.7. The molecule has 0 bridgehead atoms. The quantitative estimate of drug-likeness (QED) is 0.866. The van der Waals surface area contributed by atoms with Crippen molar-refractivity contribution in [2.45, 2.75) is 25.0 Å². The second-order valence-corrected chi connectivity index (χ2v) is 4.20. The minimum atomic E-state index is -0.978. The number of nitrogens with one attached hydrogen (secondary N) is 1. The van der Waals surface area contributed by atoms with Gasteiger partial charge in [-0.1, -0.05) is 0 Å². The SMILES string of the molecule is O=C(O)C1CCC(CNc2cc(F)cc(F)c2)O1. The maximum atomic E-state index is 12.9. The summed E-state index contributed by atoms with van der Waals surface area (Å²) < 4.78 is 31.1. The number of hydrogen-bond acceptors (Lipinski definition) is 3. The highest BCUT2D eigenvalue weighted by Crippen LogP contribution is 2.21. The first-order valence-corrected chi connectivity index (χ1v) is 5.63. The number of carboxylic acids is 1. The van der Waals surface area contributed by atoms with Crippen molar-refractivity contribution in [1.82, 2.24) is 0 Å². The van der Waals surface area contributed by atoms with Crippen LogP contribution in [0.25, 0.3) is 0 Å². The van der Waals surface area contributed by atoms with Crippen molar-refractivity contribution in [2.75, 3.05) is 11.9 Å². The van der Waals surface area contributed by atoms with Gasteiger partial charge in [0.15, 0.2) is 6.10 Å². The van der Waals surface area contributed by atoms with E-state index in [-0.39, 0.29) is 6.10 Å². The minimum Gasteiger partial charge on any atom is -0.479 e. The molecular formula is C12H13F2NO3. The summed E-state index contributed by atoms with van der Waals surface area (Å²) in [6, 6.07) is 3.14. The lowest BCUT2D eigenvalue weighted by molar-refractivity contribution is -0.149. The maximum absolute atomic E-state index is 12.9. The van der Waals surface area contributed by atoms with Gasteiger partial charge in [-0.3, -0.25) is 0 Å². The van der Waals surface area contributed by atoms with Crippen LogP contribution in [0.2, 0.25) is 0 Å². The molecule has 2 rings (SSSR count). The van der Waals surface area contributed by atoms with Crippen LogP contribution in [0.15, 0.2) is 18.2 Å². The largest absolute Gasteiger partial charge is 0.479 e. The highest BCUT2D eigenvalue weighted by atomic mass is 19.1. The molecule has 1 fully saturated rings. The summed E-state index contributed by atoms with van der Waals surface area (Å²) in [7, 11) is 0. The fraction of sp³-hybridized carbons (Fsp3) is 0.417. The van der Waals surface area contributed by atoms with Crippen LogP contribution >= 0.6 is 0 Å². The molecule has 2 atom stereocenters. The van der Waals surface area contributed by atoms with Gasteiger partial charge in [0, 0.05) is 18.3 Å². The fourth-order valence-corrected chi connectivity index (χ4v) is 1.93. The molecule has 2 N–H and O–H groups in total. The average Bonchev–Trinajstić information content (AvgIpc) is 2.73. The molecule has 0 saturated carbocycles. The summed E-state index contributed by atoms with van der Waals surface area (Å²) in [5.74, 6) is -2.30. The zero-order chi connectivity index (χ0) is 13.1. The average molecular weight is 257 g/mol. The Hall–Kier alpha value is -1.69. The first-order valence-electron chi connectivity index (χ1n) is 5.63. The van der Waals surface area contributed by atoms with Crippen molar-refractivity contribution in [3.05, 3.63) is 29.8 Å². The van der Waals surface area contributed by atoms with Crippen molar-refractivity contribution in [1.29, 1.82) is 0 Å². The van der Waals surface area contributed by atoms with E-state index in [2.05, 4.69) is 5.32 Å². The monoisotopic (exact) mass is 257 g/mol. The summed E-state index contributed by atoms with van der Waals surface area (Å²) in [6.45, 7) is 0.326. The third-order valence-corrected chi connectivity index (χ3v) is 2.78. The predicted octanol–water partition coefficient (Wildman–Crippen LogP) is 2.01. The second-order valence-electron chi connectivity index (χ2n) is 4.20. The lowest BCUT2D eigenvalue weighted by atomic mass is 10.2. The molecule has 0 radical (unpaired) electrons. The van der Waals surface area contributed by atoms with E-state index in [9.17, 15) is 13.6 Å². The smallest absolute Gasteiger partial charge is 0.332 e. The number of ether oxygens (including phenoxy) is 1. The van der Waals surface area contributed by atoms with Crippen molar-refractivity contribution >= 4 is 11.7 Å². The number of hydrogen-bond donors (Lipinski definition) is 2. The van der Waals surface area contributed by atoms with Gasteiger partial charge >= 0.3 is 5.97 Å². The van der Waals surface area contributed by atoms with Gasteiger partial charge in [-0.05, 0) is 25.0 Å².